The zero-order valence-corrected chi connectivity index (χ0v) is 22.9. The minimum Gasteiger partial charge on any atom is -0.497 e. The van der Waals surface area contributed by atoms with Crippen molar-refractivity contribution in [3.05, 3.63) is 77.9 Å². The zero-order chi connectivity index (χ0) is 26.5. The predicted octanol–water partition coefficient (Wildman–Crippen LogP) is 6.71. The van der Waals surface area contributed by atoms with E-state index >= 15 is 0 Å². The maximum absolute atomic E-state index is 6.05. The number of ether oxygens (including phenoxy) is 3. The molecule has 0 amide bonds. The van der Waals surface area contributed by atoms with Crippen molar-refractivity contribution in [2.45, 2.75) is 33.1 Å². The predicted molar refractivity (Wildman–Crippen MR) is 153 cm³/mol. The smallest absolute Gasteiger partial charge is 0.124 e. The summed E-state index contributed by atoms with van der Waals surface area (Å²) in [7, 11) is 3.40. The van der Waals surface area contributed by atoms with E-state index in [0.29, 0.717) is 6.61 Å². The molecule has 0 radical (unpaired) electrons. The number of aromatic nitrogens is 2. The van der Waals surface area contributed by atoms with Gasteiger partial charge in [-0.3, -0.25) is 4.90 Å². The number of hydrogen-bond acceptors (Lipinski definition) is 5. The van der Waals surface area contributed by atoms with Crippen molar-refractivity contribution >= 4 is 0 Å². The lowest BCUT2D eigenvalue weighted by molar-refractivity contribution is 0.183. The molecule has 1 aromatic heterocycles. The summed E-state index contributed by atoms with van der Waals surface area (Å²) in [6, 6.07) is 22.7. The molecule has 1 aliphatic rings. The van der Waals surface area contributed by atoms with Crippen LogP contribution >= 0.6 is 0 Å². The standard InChI is InChI=1S/C32H37N3O3/c1-23-20-26(21-24(2)32(23)37-4)31-22-30(33-35(31)27-10-14-28(36-3)15-11-27)25-8-12-29(13-9-25)38-19-18-34-16-6-5-7-17-34/h8-15,20-22H,5-7,16-19H2,1-4H3. The third-order valence-electron chi connectivity index (χ3n) is 7.26. The van der Waals surface area contributed by atoms with Gasteiger partial charge in [-0.2, -0.15) is 5.10 Å². The monoisotopic (exact) mass is 511 g/mol. The summed E-state index contributed by atoms with van der Waals surface area (Å²) in [6.07, 6.45) is 3.96. The van der Waals surface area contributed by atoms with Gasteiger partial charge in [0.1, 0.15) is 23.9 Å². The first-order valence-electron chi connectivity index (χ1n) is 13.4. The second kappa shape index (κ2) is 11.7. The van der Waals surface area contributed by atoms with E-state index in [1.54, 1.807) is 14.2 Å². The summed E-state index contributed by atoms with van der Waals surface area (Å²) in [6.45, 7) is 8.23. The van der Waals surface area contributed by atoms with E-state index in [1.807, 2.05) is 41.1 Å². The van der Waals surface area contributed by atoms with Crippen LogP contribution in [-0.4, -0.2) is 55.1 Å². The Balaban J connectivity index is 1.42. The lowest BCUT2D eigenvalue weighted by Crippen LogP contribution is -2.33. The number of hydrogen-bond donors (Lipinski definition) is 0. The number of methoxy groups -OCH3 is 2. The molecule has 2 heterocycles. The number of likely N-dealkylation sites (tertiary alicyclic amines) is 1. The van der Waals surface area contributed by atoms with Crippen molar-refractivity contribution in [3.63, 3.8) is 0 Å². The SMILES string of the molecule is COc1ccc(-n2nc(-c3ccc(OCCN4CCCCC4)cc3)cc2-c2cc(C)c(OC)c(C)c2)cc1. The molecule has 6 heteroatoms. The van der Waals surface area contributed by atoms with Crippen LogP contribution in [0.4, 0.5) is 0 Å². The van der Waals surface area contributed by atoms with Crippen LogP contribution in [0.25, 0.3) is 28.2 Å². The fraction of sp³-hybridized carbons (Fsp3) is 0.344. The van der Waals surface area contributed by atoms with Gasteiger partial charge in [-0.1, -0.05) is 6.42 Å². The highest BCUT2D eigenvalue weighted by Crippen LogP contribution is 2.34. The molecule has 4 aromatic rings. The van der Waals surface area contributed by atoms with E-state index in [2.05, 4.69) is 49.1 Å². The maximum Gasteiger partial charge on any atom is 0.124 e. The molecule has 3 aromatic carbocycles. The summed E-state index contributed by atoms with van der Waals surface area (Å²) >= 11 is 0. The molecule has 0 saturated carbocycles. The minimum absolute atomic E-state index is 0.714. The van der Waals surface area contributed by atoms with Gasteiger partial charge in [-0.05, 0) is 118 Å². The van der Waals surface area contributed by atoms with E-state index in [0.717, 1.165) is 63.1 Å². The Labute approximate surface area is 225 Å². The van der Waals surface area contributed by atoms with Crippen LogP contribution in [0, 0.1) is 13.8 Å². The van der Waals surface area contributed by atoms with Crippen molar-refractivity contribution in [2.24, 2.45) is 0 Å². The maximum atomic E-state index is 6.05. The molecule has 0 unspecified atom stereocenters. The lowest BCUT2D eigenvalue weighted by atomic mass is 10.0. The topological polar surface area (TPSA) is 48.8 Å². The first-order chi connectivity index (χ1) is 18.6. The van der Waals surface area contributed by atoms with Gasteiger partial charge < -0.3 is 14.2 Å². The fourth-order valence-corrected chi connectivity index (χ4v) is 5.27. The van der Waals surface area contributed by atoms with Crippen LogP contribution in [-0.2, 0) is 0 Å². The number of benzene rings is 3. The molecule has 0 N–H and O–H groups in total. The highest BCUT2D eigenvalue weighted by Gasteiger charge is 2.16. The van der Waals surface area contributed by atoms with Gasteiger partial charge in [0.15, 0.2) is 0 Å². The first kappa shape index (κ1) is 25.9. The van der Waals surface area contributed by atoms with Crippen LogP contribution in [0.2, 0.25) is 0 Å². The summed E-state index contributed by atoms with van der Waals surface area (Å²) in [5.74, 6) is 2.62. The Morgan fingerprint density at radius 3 is 2.03 bits per heavy atom. The lowest BCUT2D eigenvalue weighted by Gasteiger charge is -2.26. The van der Waals surface area contributed by atoms with Crippen molar-refractivity contribution in [2.75, 3.05) is 40.5 Å². The Morgan fingerprint density at radius 2 is 1.39 bits per heavy atom. The first-order valence-corrected chi connectivity index (χ1v) is 13.4. The Kier molecular flexibility index (Phi) is 7.99. The molecule has 198 valence electrons. The summed E-state index contributed by atoms with van der Waals surface area (Å²) in [5, 5.41) is 5.03. The second-order valence-corrected chi connectivity index (χ2v) is 9.94. The molecule has 0 aliphatic carbocycles. The van der Waals surface area contributed by atoms with Crippen molar-refractivity contribution in [1.29, 1.82) is 0 Å². The molecular formula is C32H37N3O3. The minimum atomic E-state index is 0.714. The molecule has 0 bridgehead atoms. The molecule has 1 saturated heterocycles. The van der Waals surface area contributed by atoms with Crippen LogP contribution in [0.5, 0.6) is 17.2 Å². The average Bonchev–Trinajstić information content (AvgIpc) is 3.39. The molecule has 1 fully saturated rings. The fourth-order valence-electron chi connectivity index (χ4n) is 5.27. The van der Waals surface area contributed by atoms with E-state index < -0.39 is 0 Å². The van der Waals surface area contributed by atoms with Crippen LogP contribution in [0.15, 0.2) is 66.7 Å². The van der Waals surface area contributed by atoms with Crippen LogP contribution < -0.4 is 14.2 Å². The molecular weight excluding hydrogens is 474 g/mol. The largest absolute Gasteiger partial charge is 0.497 e. The second-order valence-electron chi connectivity index (χ2n) is 9.94. The molecule has 1 aliphatic heterocycles. The number of piperidine rings is 1. The van der Waals surface area contributed by atoms with E-state index in [-0.39, 0.29) is 0 Å². The van der Waals surface area contributed by atoms with E-state index in [1.165, 1.54) is 32.4 Å². The van der Waals surface area contributed by atoms with Gasteiger partial charge in [-0.25, -0.2) is 4.68 Å². The van der Waals surface area contributed by atoms with Gasteiger partial charge in [0.25, 0.3) is 0 Å². The van der Waals surface area contributed by atoms with Gasteiger partial charge in [0.2, 0.25) is 0 Å². The van der Waals surface area contributed by atoms with Crippen molar-refractivity contribution in [3.8, 4) is 45.5 Å². The number of aryl methyl sites for hydroxylation is 2. The number of nitrogens with zero attached hydrogens (tertiary/aromatic N) is 3. The normalized spacial score (nSPS) is 13.9. The highest BCUT2D eigenvalue weighted by atomic mass is 16.5. The Bertz CT molecular complexity index is 1330. The summed E-state index contributed by atoms with van der Waals surface area (Å²) < 4.78 is 19.0. The molecule has 0 atom stereocenters. The molecule has 6 nitrogen and oxygen atoms in total. The number of rotatable bonds is 9. The van der Waals surface area contributed by atoms with E-state index in [4.69, 9.17) is 19.3 Å². The summed E-state index contributed by atoms with van der Waals surface area (Å²) in [5.41, 5.74) is 7.21. The van der Waals surface area contributed by atoms with Gasteiger partial charge in [-0.15, -0.1) is 0 Å². The third-order valence-corrected chi connectivity index (χ3v) is 7.26. The van der Waals surface area contributed by atoms with Gasteiger partial charge >= 0.3 is 0 Å². The molecule has 5 rings (SSSR count). The third kappa shape index (κ3) is 5.70. The van der Waals surface area contributed by atoms with Crippen molar-refractivity contribution < 1.29 is 14.2 Å². The van der Waals surface area contributed by atoms with Gasteiger partial charge in [0, 0.05) is 17.7 Å². The van der Waals surface area contributed by atoms with Crippen LogP contribution in [0.1, 0.15) is 30.4 Å². The highest BCUT2D eigenvalue weighted by molar-refractivity contribution is 5.72. The Morgan fingerprint density at radius 1 is 0.737 bits per heavy atom. The van der Waals surface area contributed by atoms with Crippen LogP contribution in [0.3, 0.4) is 0 Å². The van der Waals surface area contributed by atoms with Gasteiger partial charge in [0.05, 0.1) is 31.3 Å². The molecule has 0 spiro atoms. The Hall–Kier alpha value is -3.77. The zero-order valence-electron chi connectivity index (χ0n) is 22.9. The van der Waals surface area contributed by atoms with Crippen molar-refractivity contribution in [1.82, 2.24) is 14.7 Å². The summed E-state index contributed by atoms with van der Waals surface area (Å²) in [4.78, 5) is 2.49. The molecule has 38 heavy (non-hydrogen) atoms. The average molecular weight is 512 g/mol. The quantitative estimate of drug-likeness (QED) is 0.250. The van der Waals surface area contributed by atoms with E-state index in [9.17, 15) is 0 Å².